The average Bonchev–Trinajstić information content (AvgIpc) is 2.24. The van der Waals surface area contributed by atoms with Crippen molar-refractivity contribution >= 4 is 0 Å². The number of unbranched alkanes of at least 4 members (excludes halogenated alkanes) is 1. The van der Waals surface area contributed by atoms with Gasteiger partial charge in [-0.3, -0.25) is 0 Å². The van der Waals surface area contributed by atoms with E-state index in [0.717, 1.165) is 31.6 Å². The fourth-order valence-corrected chi connectivity index (χ4v) is 2.20. The van der Waals surface area contributed by atoms with Crippen molar-refractivity contribution in [3.05, 3.63) is 0 Å². The molecule has 0 fully saturated rings. The first-order valence-corrected chi connectivity index (χ1v) is 7.46. The van der Waals surface area contributed by atoms with Crippen LogP contribution in [-0.2, 0) is 0 Å². The highest BCUT2D eigenvalue weighted by Gasteiger charge is 2.21. The van der Waals surface area contributed by atoms with Crippen molar-refractivity contribution in [2.45, 2.75) is 83.7 Å². The third kappa shape index (κ3) is 9.86. The van der Waals surface area contributed by atoms with Crippen LogP contribution in [-0.4, -0.2) is 17.6 Å². The van der Waals surface area contributed by atoms with Crippen LogP contribution in [0.3, 0.4) is 0 Å². The standard InChI is InChI=1S/C15H35N3/c1-13(2)8-5-6-9-14(3,17)10-7-11-15(4,18)12-16/h13H,5-12,16-18H2,1-4H3. The SMILES string of the molecule is CC(C)CCCCC(C)(N)CCCC(C)(N)CN. The number of rotatable bonds is 10. The molecular weight excluding hydrogens is 222 g/mol. The molecule has 0 saturated carbocycles. The van der Waals surface area contributed by atoms with Gasteiger partial charge in [-0.2, -0.15) is 0 Å². The molecule has 0 amide bonds. The Morgan fingerprint density at radius 3 is 1.83 bits per heavy atom. The van der Waals surface area contributed by atoms with Crippen LogP contribution in [0.2, 0.25) is 0 Å². The van der Waals surface area contributed by atoms with Crippen molar-refractivity contribution in [1.29, 1.82) is 0 Å². The zero-order valence-corrected chi connectivity index (χ0v) is 13.0. The minimum atomic E-state index is -0.228. The molecule has 0 spiro atoms. The minimum Gasteiger partial charge on any atom is -0.329 e. The highest BCUT2D eigenvalue weighted by Crippen LogP contribution is 2.21. The van der Waals surface area contributed by atoms with Gasteiger partial charge in [0, 0.05) is 17.6 Å². The van der Waals surface area contributed by atoms with Gasteiger partial charge in [0.15, 0.2) is 0 Å². The van der Waals surface area contributed by atoms with Crippen molar-refractivity contribution < 1.29 is 0 Å². The summed E-state index contributed by atoms with van der Waals surface area (Å²) in [4.78, 5) is 0. The summed E-state index contributed by atoms with van der Waals surface area (Å²) < 4.78 is 0. The van der Waals surface area contributed by atoms with Gasteiger partial charge in [0.05, 0.1) is 0 Å². The first-order chi connectivity index (χ1) is 8.18. The van der Waals surface area contributed by atoms with Gasteiger partial charge in [-0.15, -0.1) is 0 Å². The fourth-order valence-electron chi connectivity index (χ4n) is 2.20. The molecule has 0 rings (SSSR count). The summed E-state index contributed by atoms with van der Waals surface area (Å²) >= 11 is 0. The molecule has 2 unspecified atom stereocenters. The Bertz CT molecular complexity index is 210. The summed E-state index contributed by atoms with van der Waals surface area (Å²) in [6, 6.07) is 0. The van der Waals surface area contributed by atoms with E-state index in [4.69, 9.17) is 17.2 Å². The molecule has 2 atom stereocenters. The average molecular weight is 257 g/mol. The second kappa shape index (κ2) is 8.13. The first-order valence-electron chi connectivity index (χ1n) is 7.46. The van der Waals surface area contributed by atoms with Crippen LogP contribution < -0.4 is 17.2 Å². The highest BCUT2D eigenvalue weighted by atomic mass is 14.8. The van der Waals surface area contributed by atoms with E-state index in [1.54, 1.807) is 0 Å². The van der Waals surface area contributed by atoms with Crippen LogP contribution in [0, 0.1) is 5.92 Å². The Kier molecular flexibility index (Phi) is 8.08. The Morgan fingerprint density at radius 2 is 1.33 bits per heavy atom. The summed E-state index contributed by atoms with van der Waals surface area (Å²) in [7, 11) is 0. The topological polar surface area (TPSA) is 78.1 Å². The van der Waals surface area contributed by atoms with E-state index in [1.807, 2.05) is 6.92 Å². The monoisotopic (exact) mass is 257 g/mol. The molecule has 0 aliphatic rings. The van der Waals surface area contributed by atoms with E-state index < -0.39 is 0 Å². The van der Waals surface area contributed by atoms with E-state index in [2.05, 4.69) is 20.8 Å². The molecule has 3 heteroatoms. The summed E-state index contributed by atoms with van der Waals surface area (Å²) in [6.45, 7) is 9.28. The lowest BCUT2D eigenvalue weighted by Gasteiger charge is -2.28. The van der Waals surface area contributed by atoms with Crippen molar-refractivity contribution in [2.24, 2.45) is 23.1 Å². The van der Waals surface area contributed by atoms with Crippen LogP contribution in [0.1, 0.15) is 72.6 Å². The smallest absolute Gasteiger partial charge is 0.0249 e. The third-order valence-corrected chi connectivity index (χ3v) is 3.74. The van der Waals surface area contributed by atoms with Crippen LogP contribution in [0.25, 0.3) is 0 Å². The molecule has 0 radical (unpaired) electrons. The van der Waals surface area contributed by atoms with Crippen LogP contribution in [0.4, 0.5) is 0 Å². The van der Waals surface area contributed by atoms with E-state index >= 15 is 0 Å². The predicted octanol–water partition coefficient (Wildman–Crippen LogP) is 2.77. The molecule has 6 N–H and O–H groups in total. The second-order valence-electron chi connectivity index (χ2n) is 7.01. The van der Waals surface area contributed by atoms with Gasteiger partial charge in [-0.1, -0.05) is 33.1 Å². The molecule has 0 aromatic rings. The number of hydrogen-bond donors (Lipinski definition) is 3. The lowest BCUT2D eigenvalue weighted by molar-refractivity contribution is 0.336. The van der Waals surface area contributed by atoms with Gasteiger partial charge in [-0.25, -0.2) is 0 Å². The van der Waals surface area contributed by atoms with Crippen LogP contribution in [0.5, 0.6) is 0 Å². The highest BCUT2D eigenvalue weighted by molar-refractivity contribution is 4.83. The minimum absolute atomic E-state index is 0.0400. The Balaban J connectivity index is 3.73. The molecule has 3 nitrogen and oxygen atoms in total. The normalized spacial score (nSPS) is 18.7. The second-order valence-corrected chi connectivity index (χ2v) is 7.01. The van der Waals surface area contributed by atoms with Gasteiger partial charge in [0.2, 0.25) is 0 Å². The number of nitrogens with two attached hydrogens (primary N) is 3. The summed E-state index contributed by atoms with van der Waals surface area (Å²) in [6.07, 6.45) is 8.03. The van der Waals surface area contributed by atoms with Gasteiger partial charge in [0.25, 0.3) is 0 Å². The largest absolute Gasteiger partial charge is 0.329 e. The Labute approximate surface area is 114 Å². The van der Waals surface area contributed by atoms with Crippen LogP contribution in [0.15, 0.2) is 0 Å². The van der Waals surface area contributed by atoms with Crippen molar-refractivity contribution in [3.63, 3.8) is 0 Å². The van der Waals surface area contributed by atoms with E-state index in [-0.39, 0.29) is 11.1 Å². The summed E-state index contributed by atoms with van der Waals surface area (Å²) in [5, 5.41) is 0. The molecule has 0 saturated heterocycles. The quantitative estimate of drug-likeness (QED) is 0.527. The van der Waals surface area contributed by atoms with Crippen LogP contribution >= 0.6 is 0 Å². The summed E-state index contributed by atoms with van der Waals surface area (Å²) in [5.74, 6) is 0.802. The van der Waals surface area contributed by atoms with E-state index in [0.29, 0.717) is 6.54 Å². The molecule has 0 aliphatic carbocycles. The van der Waals surface area contributed by atoms with E-state index in [1.165, 1.54) is 19.3 Å². The predicted molar refractivity (Wildman–Crippen MR) is 81.4 cm³/mol. The van der Waals surface area contributed by atoms with Crippen molar-refractivity contribution in [2.75, 3.05) is 6.54 Å². The lowest BCUT2D eigenvalue weighted by Crippen LogP contribution is -2.44. The maximum Gasteiger partial charge on any atom is 0.0249 e. The maximum atomic E-state index is 6.33. The van der Waals surface area contributed by atoms with Gasteiger partial charge >= 0.3 is 0 Å². The Hall–Kier alpha value is -0.120. The third-order valence-electron chi connectivity index (χ3n) is 3.74. The molecule has 0 aromatic carbocycles. The fraction of sp³-hybridized carbons (Fsp3) is 1.00. The van der Waals surface area contributed by atoms with Gasteiger partial charge in [-0.05, 0) is 45.4 Å². The molecule has 0 bridgehead atoms. The first kappa shape index (κ1) is 17.9. The Morgan fingerprint density at radius 1 is 0.833 bits per heavy atom. The lowest BCUT2D eigenvalue weighted by atomic mass is 9.86. The zero-order chi connectivity index (χ0) is 14.2. The molecule has 0 heterocycles. The van der Waals surface area contributed by atoms with Crippen molar-refractivity contribution in [3.8, 4) is 0 Å². The molecule has 18 heavy (non-hydrogen) atoms. The maximum absolute atomic E-state index is 6.33. The molecule has 110 valence electrons. The van der Waals surface area contributed by atoms with Gasteiger partial charge in [0.1, 0.15) is 0 Å². The summed E-state index contributed by atoms with van der Waals surface area (Å²) in [5.41, 5.74) is 17.7. The zero-order valence-electron chi connectivity index (χ0n) is 13.0. The molecule has 0 aromatic heterocycles. The molecular formula is C15H35N3. The molecule has 0 aliphatic heterocycles. The number of hydrogen-bond acceptors (Lipinski definition) is 3. The van der Waals surface area contributed by atoms with Crippen molar-refractivity contribution in [1.82, 2.24) is 0 Å². The van der Waals surface area contributed by atoms with Gasteiger partial charge < -0.3 is 17.2 Å². The van der Waals surface area contributed by atoms with E-state index in [9.17, 15) is 0 Å².